The molecule has 0 atom stereocenters. The normalized spacial score (nSPS) is 10.6. The predicted molar refractivity (Wildman–Crippen MR) is 98.6 cm³/mol. The van der Waals surface area contributed by atoms with E-state index in [4.69, 9.17) is 0 Å². The molecule has 3 aromatic rings. The predicted octanol–water partition coefficient (Wildman–Crippen LogP) is 3.71. The SMILES string of the molecule is Bc1c(CCc2ccccc2C)cccc1-c1ccccc1. The second-order valence-electron chi connectivity index (χ2n) is 5.88. The van der Waals surface area contributed by atoms with E-state index in [0.717, 1.165) is 12.8 Å². The number of benzene rings is 3. The second kappa shape index (κ2) is 6.66. The van der Waals surface area contributed by atoms with Crippen LogP contribution in [0.15, 0.2) is 72.8 Å². The Morgan fingerprint density at radius 1 is 0.682 bits per heavy atom. The van der Waals surface area contributed by atoms with Crippen LogP contribution >= 0.6 is 0 Å². The third-order valence-electron chi connectivity index (χ3n) is 4.46. The quantitative estimate of drug-likeness (QED) is 0.641. The van der Waals surface area contributed by atoms with Crippen LogP contribution in [0, 0.1) is 6.92 Å². The summed E-state index contributed by atoms with van der Waals surface area (Å²) in [6.45, 7) is 2.20. The molecule has 1 heteroatoms. The maximum atomic E-state index is 2.26. The Hall–Kier alpha value is -2.28. The summed E-state index contributed by atoms with van der Waals surface area (Å²) in [5.41, 5.74) is 8.35. The van der Waals surface area contributed by atoms with E-state index in [1.54, 1.807) is 0 Å². The van der Waals surface area contributed by atoms with Crippen LogP contribution in [0.3, 0.4) is 0 Å². The van der Waals surface area contributed by atoms with Crippen LogP contribution in [0.4, 0.5) is 0 Å². The molecule has 0 saturated carbocycles. The summed E-state index contributed by atoms with van der Waals surface area (Å²) in [5, 5.41) is 0. The van der Waals surface area contributed by atoms with Gasteiger partial charge in [0.2, 0.25) is 0 Å². The summed E-state index contributed by atoms with van der Waals surface area (Å²) in [6.07, 6.45) is 2.20. The molecule has 0 aliphatic carbocycles. The third kappa shape index (κ3) is 3.14. The molecule has 0 radical (unpaired) electrons. The Balaban J connectivity index is 1.85. The monoisotopic (exact) mass is 284 g/mol. The van der Waals surface area contributed by atoms with Gasteiger partial charge in [-0.25, -0.2) is 0 Å². The standard InChI is InChI=1S/C21H21B/c1-16-8-5-6-9-17(16)14-15-19-12-7-13-20(21(19)22)18-10-3-2-4-11-18/h2-13H,14-15,22H2,1H3. The van der Waals surface area contributed by atoms with Crippen molar-refractivity contribution in [3.63, 3.8) is 0 Å². The van der Waals surface area contributed by atoms with Gasteiger partial charge < -0.3 is 0 Å². The van der Waals surface area contributed by atoms with Crippen molar-refractivity contribution in [3.05, 3.63) is 89.5 Å². The van der Waals surface area contributed by atoms with Gasteiger partial charge in [-0.15, -0.1) is 0 Å². The van der Waals surface area contributed by atoms with Gasteiger partial charge in [0, 0.05) is 0 Å². The minimum atomic E-state index is 1.09. The first kappa shape index (κ1) is 14.7. The van der Waals surface area contributed by atoms with E-state index in [2.05, 4.69) is 87.6 Å². The first-order valence-corrected chi connectivity index (χ1v) is 7.94. The van der Waals surface area contributed by atoms with Crippen LogP contribution < -0.4 is 5.46 Å². The molecule has 0 unspecified atom stereocenters. The summed E-state index contributed by atoms with van der Waals surface area (Å²) in [4.78, 5) is 0. The highest BCUT2D eigenvalue weighted by molar-refractivity contribution is 6.37. The Morgan fingerprint density at radius 2 is 1.32 bits per heavy atom. The molecule has 108 valence electrons. The molecule has 0 N–H and O–H groups in total. The molecule has 0 nitrogen and oxygen atoms in total. The molecule has 0 aliphatic rings. The average molecular weight is 284 g/mol. The number of hydrogen-bond acceptors (Lipinski definition) is 0. The first-order chi connectivity index (χ1) is 10.8. The Kier molecular flexibility index (Phi) is 4.43. The molecular weight excluding hydrogens is 263 g/mol. The summed E-state index contributed by atoms with van der Waals surface area (Å²) in [5.74, 6) is 0. The van der Waals surface area contributed by atoms with E-state index < -0.39 is 0 Å². The lowest BCUT2D eigenvalue weighted by molar-refractivity contribution is 0.955. The van der Waals surface area contributed by atoms with Crippen LogP contribution in [0.1, 0.15) is 16.7 Å². The summed E-state index contributed by atoms with van der Waals surface area (Å²) in [7, 11) is 2.25. The van der Waals surface area contributed by atoms with Crippen molar-refractivity contribution in [3.8, 4) is 11.1 Å². The zero-order valence-electron chi connectivity index (χ0n) is 13.3. The summed E-state index contributed by atoms with van der Waals surface area (Å²) in [6, 6.07) is 26.0. The lowest BCUT2D eigenvalue weighted by Crippen LogP contribution is -2.14. The molecule has 0 fully saturated rings. The van der Waals surface area contributed by atoms with Gasteiger partial charge in [0.15, 0.2) is 0 Å². The average Bonchev–Trinajstić information content (AvgIpc) is 2.56. The van der Waals surface area contributed by atoms with E-state index in [9.17, 15) is 0 Å². The smallest absolute Gasteiger partial charge is 0.0781 e. The van der Waals surface area contributed by atoms with Crippen LogP contribution in [0.5, 0.6) is 0 Å². The lowest BCUT2D eigenvalue weighted by Gasteiger charge is -2.13. The minimum Gasteiger partial charge on any atom is -0.0781 e. The molecule has 0 spiro atoms. The molecule has 0 amide bonds. The van der Waals surface area contributed by atoms with Crippen molar-refractivity contribution < 1.29 is 0 Å². The number of hydrogen-bond donors (Lipinski definition) is 0. The van der Waals surface area contributed by atoms with Gasteiger partial charge in [-0.2, -0.15) is 0 Å². The molecule has 3 rings (SSSR count). The van der Waals surface area contributed by atoms with E-state index in [1.807, 2.05) is 0 Å². The van der Waals surface area contributed by atoms with Crippen molar-refractivity contribution in [2.75, 3.05) is 0 Å². The zero-order valence-corrected chi connectivity index (χ0v) is 13.3. The number of rotatable bonds is 4. The van der Waals surface area contributed by atoms with Gasteiger partial charge in [-0.3, -0.25) is 0 Å². The Morgan fingerprint density at radius 3 is 2.09 bits per heavy atom. The van der Waals surface area contributed by atoms with Gasteiger partial charge in [0.05, 0.1) is 0 Å². The Labute approximate surface area is 134 Å². The van der Waals surface area contributed by atoms with Gasteiger partial charge >= 0.3 is 0 Å². The molecule has 0 heterocycles. The highest BCUT2D eigenvalue weighted by Crippen LogP contribution is 2.18. The minimum absolute atomic E-state index is 1.09. The topological polar surface area (TPSA) is 0 Å². The fraction of sp³-hybridized carbons (Fsp3) is 0.143. The van der Waals surface area contributed by atoms with Gasteiger partial charge in [0.1, 0.15) is 7.85 Å². The molecule has 3 aromatic carbocycles. The van der Waals surface area contributed by atoms with Gasteiger partial charge in [0.25, 0.3) is 0 Å². The maximum Gasteiger partial charge on any atom is 0.140 e. The van der Waals surface area contributed by atoms with E-state index in [0.29, 0.717) is 0 Å². The third-order valence-corrected chi connectivity index (χ3v) is 4.46. The molecule has 22 heavy (non-hydrogen) atoms. The molecule has 0 bridgehead atoms. The fourth-order valence-electron chi connectivity index (χ4n) is 3.04. The second-order valence-corrected chi connectivity index (χ2v) is 5.88. The molecule has 0 aromatic heterocycles. The zero-order chi connectivity index (χ0) is 15.4. The van der Waals surface area contributed by atoms with Crippen molar-refractivity contribution in [2.45, 2.75) is 19.8 Å². The summed E-state index contributed by atoms with van der Waals surface area (Å²) < 4.78 is 0. The van der Waals surface area contributed by atoms with Crippen molar-refractivity contribution in [1.29, 1.82) is 0 Å². The van der Waals surface area contributed by atoms with Crippen LogP contribution in [-0.4, -0.2) is 7.85 Å². The number of aryl methyl sites for hydroxylation is 3. The van der Waals surface area contributed by atoms with E-state index in [1.165, 1.54) is 33.3 Å². The largest absolute Gasteiger partial charge is 0.140 e. The van der Waals surface area contributed by atoms with E-state index in [-0.39, 0.29) is 0 Å². The van der Waals surface area contributed by atoms with Gasteiger partial charge in [-0.05, 0) is 42.0 Å². The molecular formula is C21H21B. The van der Waals surface area contributed by atoms with E-state index >= 15 is 0 Å². The van der Waals surface area contributed by atoms with Crippen LogP contribution in [0.2, 0.25) is 0 Å². The highest BCUT2D eigenvalue weighted by Gasteiger charge is 2.06. The lowest BCUT2D eigenvalue weighted by atomic mass is 9.81. The maximum absolute atomic E-state index is 2.26. The van der Waals surface area contributed by atoms with Crippen LogP contribution in [0.25, 0.3) is 11.1 Å². The van der Waals surface area contributed by atoms with Crippen molar-refractivity contribution in [1.82, 2.24) is 0 Å². The highest BCUT2D eigenvalue weighted by atomic mass is 14.1. The van der Waals surface area contributed by atoms with Crippen molar-refractivity contribution >= 4 is 13.3 Å². The van der Waals surface area contributed by atoms with Crippen molar-refractivity contribution in [2.24, 2.45) is 0 Å². The molecule has 0 saturated heterocycles. The first-order valence-electron chi connectivity index (χ1n) is 7.94. The Bertz CT molecular complexity index is 760. The summed E-state index contributed by atoms with van der Waals surface area (Å²) >= 11 is 0. The van der Waals surface area contributed by atoms with Gasteiger partial charge in [-0.1, -0.05) is 83.8 Å². The van der Waals surface area contributed by atoms with Crippen LogP contribution in [-0.2, 0) is 12.8 Å². The molecule has 0 aliphatic heterocycles. The fourth-order valence-corrected chi connectivity index (χ4v) is 3.04.